The van der Waals surface area contributed by atoms with Gasteiger partial charge in [0.2, 0.25) is 5.91 Å². The lowest BCUT2D eigenvalue weighted by atomic mass is 10.1. The van der Waals surface area contributed by atoms with E-state index in [1.165, 1.54) is 11.3 Å². The molecule has 0 spiro atoms. The predicted molar refractivity (Wildman–Crippen MR) is 113 cm³/mol. The van der Waals surface area contributed by atoms with E-state index in [2.05, 4.69) is 10.3 Å². The molecule has 0 saturated heterocycles. The van der Waals surface area contributed by atoms with Crippen molar-refractivity contribution in [3.63, 3.8) is 0 Å². The lowest BCUT2D eigenvalue weighted by Crippen LogP contribution is -2.13. The molecule has 3 aromatic rings. The quantitative estimate of drug-likeness (QED) is 0.489. The van der Waals surface area contributed by atoms with Crippen LogP contribution in [0.3, 0.4) is 0 Å². The smallest absolute Gasteiger partial charge is 0.224 e. The summed E-state index contributed by atoms with van der Waals surface area (Å²) in [5, 5.41) is 4.78. The van der Waals surface area contributed by atoms with Gasteiger partial charge in [-0.25, -0.2) is 4.98 Å². The van der Waals surface area contributed by atoms with Gasteiger partial charge in [-0.2, -0.15) is 0 Å². The van der Waals surface area contributed by atoms with Crippen LogP contribution in [0.15, 0.2) is 59.4 Å². The summed E-state index contributed by atoms with van der Waals surface area (Å²) >= 11 is 1.51. The van der Waals surface area contributed by atoms with E-state index in [0.717, 1.165) is 5.69 Å². The molecule has 6 nitrogen and oxygen atoms in total. The van der Waals surface area contributed by atoms with Gasteiger partial charge in [-0.05, 0) is 42.8 Å². The van der Waals surface area contributed by atoms with E-state index < -0.39 is 0 Å². The lowest BCUT2D eigenvalue weighted by Gasteiger charge is -2.11. The zero-order chi connectivity index (χ0) is 20.5. The fraction of sp³-hybridized carbons (Fsp3) is 0.227. The predicted octanol–water partition coefficient (Wildman–Crippen LogP) is 4.72. The highest BCUT2D eigenvalue weighted by Crippen LogP contribution is 2.25. The minimum absolute atomic E-state index is 0.00690. The molecular formula is C22H22N2O4S. The Bertz CT molecular complexity index is 940. The number of amides is 1. The Morgan fingerprint density at radius 3 is 2.59 bits per heavy atom. The second-order valence-corrected chi connectivity index (χ2v) is 7.04. The molecule has 0 aliphatic carbocycles. The van der Waals surface area contributed by atoms with Crippen molar-refractivity contribution >= 4 is 28.7 Å². The van der Waals surface area contributed by atoms with Crippen molar-refractivity contribution < 1.29 is 19.1 Å². The maximum absolute atomic E-state index is 12.3. The molecule has 0 aliphatic heterocycles. The topological polar surface area (TPSA) is 77.5 Å². The Balaban J connectivity index is 1.47. The molecule has 0 fully saturated rings. The van der Waals surface area contributed by atoms with Crippen molar-refractivity contribution in [1.82, 2.24) is 4.98 Å². The number of carbonyl (C=O) groups is 2. The maximum Gasteiger partial charge on any atom is 0.224 e. The number of thiazole rings is 1. The van der Waals surface area contributed by atoms with Gasteiger partial charge in [-0.1, -0.05) is 12.1 Å². The Hall–Kier alpha value is -3.19. The highest BCUT2D eigenvalue weighted by Gasteiger charge is 2.11. The molecule has 0 unspecified atom stereocenters. The van der Waals surface area contributed by atoms with E-state index in [4.69, 9.17) is 9.47 Å². The number of nitrogens with one attached hydrogen (secondary N) is 1. The molecule has 1 heterocycles. The number of anilines is 1. The molecule has 0 atom stereocenters. The molecule has 0 aliphatic rings. The van der Waals surface area contributed by atoms with Crippen LogP contribution < -0.4 is 14.8 Å². The minimum atomic E-state index is -0.155. The fourth-order valence-electron chi connectivity index (χ4n) is 2.70. The first-order chi connectivity index (χ1) is 14.2. The molecule has 1 amide bonds. The number of rotatable bonds is 10. The number of benzene rings is 2. The molecule has 7 heteroatoms. The molecular weight excluding hydrogens is 388 g/mol. The fourth-order valence-corrected chi connectivity index (χ4v) is 3.24. The van der Waals surface area contributed by atoms with Crippen LogP contribution in [-0.4, -0.2) is 23.8 Å². The van der Waals surface area contributed by atoms with Gasteiger partial charge >= 0.3 is 0 Å². The van der Waals surface area contributed by atoms with Crippen LogP contribution in [0.5, 0.6) is 11.5 Å². The van der Waals surface area contributed by atoms with Crippen LogP contribution in [0.1, 0.15) is 35.3 Å². The largest absolute Gasteiger partial charge is 0.497 e. The van der Waals surface area contributed by atoms with Gasteiger partial charge in [-0.15, -0.1) is 11.3 Å². The van der Waals surface area contributed by atoms with Crippen LogP contribution in [-0.2, 0) is 11.4 Å². The van der Waals surface area contributed by atoms with Gasteiger partial charge in [0.15, 0.2) is 5.78 Å². The summed E-state index contributed by atoms with van der Waals surface area (Å²) in [6.45, 7) is 0.340. The molecule has 1 aromatic heterocycles. The van der Waals surface area contributed by atoms with Crippen LogP contribution in [0.2, 0.25) is 0 Å². The number of hydrogen-bond donors (Lipinski definition) is 1. The summed E-state index contributed by atoms with van der Waals surface area (Å²) in [4.78, 5) is 28.7. The molecule has 0 saturated carbocycles. The molecule has 150 valence electrons. The Kier molecular flexibility index (Phi) is 7.35. The summed E-state index contributed by atoms with van der Waals surface area (Å²) in [6.07, 6.45) is 1.03. The standard InChI is InChI=1S/C22H22N2O4S/c1-27-18-11-9-16(10-12-18)20(25)6-4-8-22(26)24-19-5-2-3-7-21(19)28-13-17-14-29-15-23-17/h2-3,5,7,9-12,14-15H,4,6,8,13H2,1H3,(H,24,26). The van der Waals surface area contributed by atoms with Crippen molar-refractivity contribution in [2.45, 2.75) is 25.9 Å². The number of nitrogens with zero attached hydrogens (tertiary/aromatic N) is 1. The van der Waals surface area contributed by atoms with Gasteiger partial charge in [-0.3, -0.25) is 9.59 Å². The highest BCUT2D eigenvalue weighted by atomic mass is 32.1. The molecule has 0 bridgehead atoms. The number of para-hydroxylation sites is 2. The summed E-state index contributed by atoms with van der Waals surface area (Å²) < 4.78 is 10.9. The van der Waals surface area contributed by atoms with Crippen LogP contribution >= 0.6 is 11.3 Å². The average molecular weight is 410 g/mol. The number of ether oxygens (including phenoxy) is 2. The van der Waals surface area contributed by atoms with Crippen molar-refractivity contribution in [2.75, 3.05) is 12.4 Å². The van der Waals surface area contributed by atoms with Crippen LogP contribution in [0, 0.1) is 0 Å². The summed E-state index contributed by atoms with van der Waals surface area (Å²) in [7, 11) is 1.58. The van der Waals surface area contributed by atoms with Gasteiger partial charge in [0.25, 0.3) is 0 Å². The van der Waals surface area contributed by atoms with Crippen molar-refractivity contribution in [3.05, 3.63) is 70.7 Å². The van der Waals surface area contributed by atoms with E-state index in [-0.39, 0.29) is 18.1 Å². The zero-order valence-electron chi connectivity index (χ0n) is 16.1. The third-order valence-corrected chi connectivity index (χ3v) is 4.88. The Labute approximate surface area is 173 Å². The highest BCUT2D eigenvalue weighted by molar-refractivity contribution is 7.07. The number of ketones is 1. The second kappa shape index (κ2) is 10.4. The van der Waals surface area contributed by atoms with E-state index in [0.29, 0.717) is 42.2 Å². The van der Waals surface area contributed by atoms with Crippen molar-refractivity contribution in [2.24, 2.45) is 0 Å². The van der Waals surface area contributed by atoms with Crippen LogP contribution in [0.25, 0.3) is 0 Å². The van der Waals surface area contributed by atoms with Crippen molar-refractivity contribution in [3.8, 4) is 11.5 Å². The monoisotopic (exact) mass is 410 g/mol. The van der Waals surface area contributed by atoms with Crippen molar-refractivity contribution in [1.29, 1.82) is 0 Å². The van der Waals surface area contributed by atoms with E-state index >= 15 is 0 Å². The number of methoxy groups -OCH3 is 1. The number of hydrogen-bond acceptors (Lipinski definition) is 6. The zero-order valence-corrected chi connectivity index (χ0v) is 16.9. The van der Waals surface area contributed by atoms with Gasteiger partial charge < -0.3 is 14.8 Å². The van der Waals surface area contributed by atoms with E-state index in [9.17, 15) is 9.59 Å². The minimum Gasteiger partial charge on any atom is -0.497 e. The molecule has 1 N–H and O–H groups in total. The van der Waals surface area contributed by atoms with Gasteiger partial charge in [0.05, 0.1) is 24.0 Å². The Morgan fingerprint density at radius 1 is 1.07 bits per heavy atom. The normalized spacial score (nSPS) is 10.4. The third-order valence-electron chi connectivity index (χ3n) is 4.24. The molecule has 3 rings (SSSR count). The third kappa shape index (κ3) is 6.15. The summed E-state index contributed by atoms with van der Waals surface area (Å²) in [6, 6.07) is 14.2. The first-order valence-corrected chi connectivity index (χ1v) is 10.2. The first kappa shape index (κ1) is 20.5. The second-order valence-electron chi connectivity index (χ2n) is 6.32. The molecule has 0 radical (unpaired) electrons. The number of aromatic nitrogens is 1. The number of carbonyl (C=O) groups excluding carboxylic acids is 2. The van der Waals surface area contributed by atoms with Crippen LogP contribution in [0.4, 0.5) is 5.69 Å². The average Bonchev–Trinajstić information content (AvgIpc) is 3.27. The molecule has 2 aromatic carbocycles. The first-order valence-electron chi connectivity index (χ1n) is 9.21. The molecule has 29 heavy (non-hydrogen) atoms. The van der Waals surface area contributed by atoms with E-state index in [1.54, 1.807) is 49.0 Å². The summed E-state index contributed by atoms with van der Waals surface area (Å²) in [5.41, 5.74) is 3.81. The SMILES string of the molecule is COc1ccc(C(=O)CCCC(=O)Nc2ccccc2OCc2cscn2)cc1. The van der Waals surface area contributed by atoms with Gasteiger partial charge in [0, 0.05) is 23.8 Å². The Morgan fingerprint density at radius 2 is 1.86 bits per heavy atom. The number of Topliss-reactive ketones (excluding diaryl/α,β-unsaturated/α-hetero) is 1. The maximum atomic E-state index is 12.3. The summed E-state index contributed by atoms with van der Waals surface area (Å²) in [5.74, 6) is 1.14. The van der Waals surface area contributed by atoms with E-state index in [1.807, 2.05) is 17.5 Å². The van der Waals surface area contributed by atoms with Gasteiger partial charge in [0.1, 0.15) is 18.1 Å². The lowest BCUT2D eigenvalue weighted by molar-refractivity contribution is -0.116.